The van der Waals surface area contributed by atoms with E-state index in [0.29, 0.717) is 0 Å². The van der Waals surface area contributed by atoms with Gasteiger partial charge >= 0.3 is 0 Å². The second-order valence-electron chi connectivity index (χ2n) is 6.55. The molecule has 5 heteroatoms. The number of nitrogens with one attached hydrogen (secondary N) is 1. The summed E-state index contributed by atoms with van der Waals surface area (Å²) < 4.78 is 26.9. The molecule has 0 spiro atoms. The summed E-state index contributed by atoms with van der Waals surface area (Å²) in [5, 5.41) is 2.29. The number of rotatable bonds is 4. The lowest BCUT2D eigenvalue weighted by atomic mass is 10.0. The van der Waals surface area contributed by atoms with Crippen molar-refractivity contribution in [1.82, 2.24) is 4.72 Å². The summed E-state index contributed by atoms with van der Waals surface area (Å²) in [6.07, 6.45) is 1.22. The van der Waals surface area contributed by atoms with Crippen molar-refractivity contribution in [3.63, 3.8) is 0 Å². The predicted molar refractivity (Wildman–Crippen MR) is 102 cm³/mol. The maximum atomic E-state index is 12.0. The molecule has 1 aliphatic rings. The molecule has 0 amide bonds. The van der Waals surface area contributed by atoms with Crippen LogP contribution in [0.25, 0.3) is 10.8 Å². The number of likely N-dealkylation sites (N-methyl/N-ethyl adjacent to an activating group) is 1. The summed E-state index contributed by atoms with van der Waals surface area (Å²) in [4.78, 5) is 2.15. The Morgan fingerprint density at radius 3 is 2.16 bits per heavy atom. The summed E-state index contributed by atoms with van der Waals surface area (Å²) in [6.45, 7) is 0. The first-order valence-corrected chi connectivity index (χ1v) is 10.1. The molecular weight excluding hydrogens is 332 g/mol. The Bertz CT molecular complexity index is 1030. The number of para-hydroxylation sites is 1. The SMILES string of the molecule is CN(c1ccccc1)C1c2cccc3cccc(c23)C1NS(C)(=O)=O. The van der Waals surface area contributed by atoms with Gasteiger partial charge in [-0.25, -0.2) is 13.1 Å². The highest BCUT2D eigenvalue weighted by atomic mass is 32.2. The van der Waals surface area contributed by atoms with Crippen molar-refractivity contribution in [2.24, 2.45) is 0 Å². The van der Waals surface area contributed by atoms with E-state index in [1.54, 1.807) is 0 Å². The highest BCUT2D eigenvalue weighted by Crippen LogP contribution is 2.47. The monoisotopic (exact) mass is 352 g/mol. The van der Waals surface area contributed by atoms with Gasteiger partial charge in [-0.3, -0.25) is 0 Å². The van der Waals surface area contributed by atoms with Crippen molar-refractivity contribution in [2.75, 3.05) is 18.2 Å². The lowest BCUT2D eigenvalue weighted by Gasteiger charge is -2.33. The zero-order valence-corrected chi connectivity index (χ0v) is 15.0. The Kier molecular flexibility index (Phi) is 3.78. The van der Waals surface area contributed by atoms with E-state index >= 15 is 0 Å². The molecule has 4 rings (SSSR count). The standard InChI is InChI=1S/C20H20N2O2S/c1-22(15-10-4-3-5-11-15)20-17-13-7-9-14-8-6-12-16(18(14)17)19(20)21-25(2,23)24/h3-13,19-21H,1-2H3. The summed E-state index contributed by atoms with van der Waals surface area (Å²) in [7, 11) is -1.33. The molecule has 3 aromatic rings. The lowest BCUT2D eigenvalue weighted by molar-refractivity contribution is 0.508. The minimum atomic E-state index is -3.35. The second kappa shape index (κ2) is 5.86. The van der Waals surface area contributed by atoms with Gasteiger partial charge in [-0.05, 0) is 34.0 Å². The Labute approximate surface area is 148 Å². The molecule has 0 radical (unpaired) electrons. The second-order valence-corrected chi connectivity index (χ2v) is 8.33. The van der Waals surface area contributed by atoms with Gasteiger partial charge in [0.25, 0.3) is 0 Å². The summed E-state index contributed by atoms with van der Waals surface area (Å²) in [6, 6.07) is 21.9. The van der Waals surface area contributed by atoms with Crippen molar-refractivity contribution in [2.45, 2.75) is 12.1 Å². The number of anilines is 1. The quantitative estimate of drug-likeness (QED) is 0.780. The van der Waals surface area contributed by atoms with Crippen molar-refractivity contribution >= 4 is 26.5 Å². The molecule has 1 N–H and O–H groups in total. The minimum Gasteiger partial charge on any atom is -0.366 e. The van der Waals surface area contributed by atoms with Gasteiger partial charge in [0, 0.05) is 12.7 Å². The molecule has 0 saturated carbocycles. The molecule has 2 unspecified atom stereocenters. The Morgan fingerprint density at radius 2 is 1.52 bits per heavy atom. The van der Waals surface area contributed by atoms with Gasteiger partial charge in [-0.2, -0.15) is 0 Å². The average Bonchev–Trinajstić information content (AvgIpc) is 2.89. The van der Waals surface area contributed by atoms with E-state index in [0.717, 1.165) is 27.6 Å². The van der Waals surface area contributed by atoms with Crippen LogP contribution in [-0.2, 0) is 10.0 Å². The molecule has 128 valence electrons. The zero-order valence-electron chi connectivity index (χ0n) is 14.2. The first-order valence-electron chi connectivity index (χ1n) is 8.22. The topological polar surface area (TPSA) is 49.4 Å². The third-order valence-corrected chi connectivity index (χ3v) is 5.54. The normalized spacial score (nSPS) is 19.3. The van der Waals surface area contributed by atoms with Crippen LogP contribution in [0.1, 0.15) is 23.2 Å². The predicted octanol–water partition coefficient (Wildman–Crippen LogP) is 3.62. The van der Waals surface area contributed by atoms with E-state index in [4.69, 9.17) is 0 Å². The maximum absolute atomic E-state index is 12.0. The fraction of sp³-hybridized carbons (Fsp3) is 0.200. The van der Waals surface area contributed by atoms with Crippen LogP contribution in [0.3, 0.4) is 0 Å². The highest BCUT2D eigenvalue weighted by Gasteiger charge is 2.38. The third kappa shape index (κ3) is 2.79. The van der Waals surface area contributed by atoms with Gasteiger partial charge in [0.1, 0.15) is 0 Å². The number of hydrogen-bond donors (Lipinski definition) is 1. The van der Waals surface area contributed by atoms with E-state index in [1.807, 2.05) is 55.6 Å². The molecule has 0 bridgehead atoms. The minimum absolute atomic E-state index is 0.0989. The van der Waals surface area contributed by atoms with Crippen LogP contribution in [0, 0.1) is 0 Å². The van der Waals surface area contributed by atoms with Crippen LogP contribution in [0.4, 0.5) is 5.69 Å². The van der Waals surface area contributed by atoms with Crippen LogP contribution < -0.4 is 9.62 Å². The maximum Gasteiger partial charge on any atom is 0.209 e. The first kappa shape index (κ1) is 16.1. The van der Waals surface area contributed by atoms with Gasteiger partial charge in [-0.15, -0.1) is 0 Å². The van der Waals surface area contributed by atoms with Gasteiger partial charge < -0.3 is 4.90 Å². The molecule has 0 aromatic heterocycles. The smallest absolute Gasteiger partial charge is 0.209 e. The third-order valence-electron chi connectivity index (χ3n) is 4.86. The summed E-state index contributed by atoms with van der Waals surface area (Å²) in [5.74, 6) is 0. The van der Waals surface area contributed by atoms with Crippen molar-refractivity contribution in [3.05, 3.63) is 77.9 Å². The fourth-order valence-electron chi connectivity index (χ4n) is 3.87. The largest absolute Gasteiger partial charge is 0.366 e. The van der Waals surface area contributed by atoms with E-state index in [1.165, 1.54) is 6.26 Å². The molecule has 4 nitrogen and oxygen atoms in total. The molecule has 25 heavy (non-hydrogen) atoms. The lowest BCUT2D eigenvalue weighted by Crippen LogP contribution is -2.36. The highest BCUT2D eigenvalue weighted by molar-refractivity contribution is 7.88. The Hall–Kier alpha value is -2.37. The van der Waals surface area contributed by atoms with E-state index in [9.17, 15) is 8.42 Å². The van der Waals surface area contributed by atoms with Gasteiger partial charge in [0.05, 0.1) is 18.3 Å². The van der Waals surface area contributed by atoms with Crippen LogP contribution in [0.15, 0.2) is 66.7 Å². The van der Waals surface area contributed by atoms with Gasteiger partial charge in [-0.1, -0.05) is 54.6 Å². The van der Waals surface area contributed by atoms with E-state index in [-0.39, 0.29) is 12.1 Å². The van der Waals surface area contributed by atoms with Crippen LogP contribution in [-0.4, -0.2) is 21.7 Å². The Balaban J connectivity index is 1.91. The first-order chi connectivity index (χ1) is 12.0. The number of benzene rings is 3. The van der Waals surface area contributed by atoms with Crippen LogP contribution in [0.2, 0.25) is 0 Å². The van der Waals surface area contributed by atoms with Crippen LogP contribution in [0.5, 0.6) is 0 Å². The fourth-order valence-corrected chi connectivity index (χ4v) is 4.59. The molecule has 1 aliphatic carbocycles. The van der Waals surface area contributed by atoms with Gasteiger partial charge in [0.15, 0.2) is 0 Å². The molecule has 0 heterocycles. The summed E-state index contributed by atoms with van der Waals surface area (Å²) in [5.41, 5.74) is 3.24. The molecule has 0 saturated heterocycles. The molecule has 0 fully saturated rings. The number of nitrogens with zero attached hydrogens (tertiary/aromatic N) is 1. The Morgan fingerprint density at radius 1 is 0.880 bits per heavy atom. The van der Waals surface area contributed by atoms with E-state index < -0.39 is 10.0 Å². The molecule has 0 aliphatic heterocycles. The molecular formula is C20H20N2O2S. The zero-order chi connectivity index (χ0) is 17.6. The van der Waals surface area contributed by atoms with Gasteiger partial charge in [0.2, 0.25) is 10.0 Å². The summed E-state index contributed by atoms with van der Waals surface area (Å²) >= 11 is 0. The molecule has 3 aromatic carbocycles. The van der Waals surface area contributed by atoms with Crippen LogP contribution >= 0.6 is 0 Å². The van der Waals surface area contributed by atoms with Crippen molar-refractivity contribution < 1.29 is 8.42 Å². The number of hydrogen-bond acceptors (Lipinski definition) is 3. The molecule has 2 atom stereocenters. The van der Waals surface area contributed by atoms with Crippen molar-refractivity contribution in [1.29, 1.82) is 0 Å². The van der Waals surface area contributed by atoms with E-state index in [2.05, 4.69) is 27.8 Å². The average molecular weight is 352 g/mol. The number of sulfonamides is 1. The van der Waals surface area contributed by atoms with Crippen molar-refractivity contribution in [3.8, 4) is 0 Å².